The molecule has 0 aliphatic heterocycles. The molecule has 0 saturated heterocycles. The van der Waals surface area contributed by atoms with Gasteiger partial charge in [0.2, 0.25) is 0 Å². The van der Waals surface area contributed by atoms with E-state index in [0.717, 1.165) is 142 Å². The van der Waals surface area contributed by atoms with E-state index in [9.17, 15) is 14.7 Å². The van der Waals surface area contributed by atoms with Crippen molar-refractivity contribution < 1.29 is 43.1 Å². The number of carbonyl (C=O) groups excluding carboxylic acids is 2. The summed E-state index contributed by atoms with van der Waals surface area (Å²) in [5, 5.41) is 9.46. The van der Waals surface area contributed by atoms with Gasteiger partial charge in [-0.15, -0.1) is 0 Å². The predicted octanol–water partition coefficient (Wildman–Crippen LogP) is 14.5. The minimum Gasteiger partial charge on any atom is -0.466 e. The average molecular weight is 948 g/mol. The molecule has 0 aliphatic carbocycles. The zero-order chi connectivity index (χ0) is 48.8. The van der Waals surface area contributed by atoms with Crippen LogP contribution in [0.15, 0.2) is 48.6 Å². The lowest BCUT2D eigenvalue weighted by atomic mass is 10.1. The molecule has 67 heavy (non-hydrogen) atoms. The monoisotopic (exact) mass is 948 g/mol. The van der Waals surface area contributed by atoms with E-state index in [1.165, 1.54) is 51.4 Å². The standard InChI is InChI=1S/C57H105NO9/c1-5-9-13-17-25-35-50-64-56(65-51-36-26-18-14-10-6-2)42-40-54(60)62-48-33-29-21-23-31-44-58(46-39-47-59)45-32-24-22-30-34-49-63-55(61)41-43-57(66-52-37-27-19-15-11-7-3)67-53-38-28-20-16-12-8-4/h17-20,25-28,56-57,59H,5-16,21-24,29-53H2,1-4H3/b25-17-,26-18-,27-19-,28-20-. The Morgan fingerprint density at radius 2 is 0.687 bits per heavy atom. The highest BCUT2D eigenvalue weighted by Crippen LogP contribution is 2.13. The van der Waals surface area contributed by atoms with Crippen LogP contribution in [-0.4, -0.2) is 100 Å². The maximum absolute atomic E-state index is 12.5. The number of ether oxygens (including phenoxy) is 6. The second kappa shape index (κ2) is 54.6. The van der Waals surface area contributed by atoms with Crippen molar-refractivity contribution in [3.63, 3.8) is 0 Å². The lowest BCUT2D eigenvalue weighted by Gasteiger charge is -2.22. The number of hydrogen-bond donors (Lipinski definition) is 1. The maximum Gasteiger partial charge on any atom is 0.305 e. The predicted molar refractivity (Wildman–Crippen MR) is 279 cm³/mol. The number of rotatable bonds is 53. The number of carbonyl (C=O) groups is 2. The van der Waals surface area contributed by atoms with E-state index in [1.807, 2.05) is 0 Å². The molecular weight excluding hydrogens is 843 g/mol. The first kappa shape index (κ1) is 64.7. The van der Waals surface area contributed by atoms with E-state index in [1.54, 1.807) is 0 Å². The van der Waals surface area contributed by atoms with Crippen LogP contribution in [0.1, 0.15) is 227 Å². The van der Waals surface area contributed by atoms with E-state index in [4.69, 9.17) is 28.4 Å². The van der Waals surface area contributed by atoms with Crippen molar-refractivity contribution >= 4 is 11.9 Å². The normalized spacial score (nSPS) is 12.2. The molecule has 10 heteroatoms. The number of aliphatic hydroxyl groups is 1. The third-order valence-electron chi connectivity index (χ3n) is 11.5. The van der Waals surface area contributed by atoms with Crippen LogP contribution in [0.25, 0.3) is 0 Å². The van der Waals surface area contributed by atoms with Crippen molar-refractivity contribution in [1.82, 2.24) is 4.90 Å². The molecule has 10 nitrogen and oxygen atoms in total. The number of aliphatic hydroxyl groups excluding tert-OH is 1. The van der Waals surface area contributed by atoms with Crippen molar-refractivity contribution in [2.45, 2.75) is 239 Å². The van der Waals surface area contributed by atoms with Crippen LogP contribution < -0.4 is 0 Å². The number of nitrogens with zero attached hydrogens (tertiary/aromatic N) is 1. The summed E-state index contributed by atoms with van der Waals surface area (Å²) < 4.78 is 35.2. The number of esters is 2. The molecule has 0 aromatic heterocycles. The molecule has 0 atom stereocenters. The van der Waals surface area contributed by atoms with Gasteiger partial charge in [0.1, 0.15) is 0 Å². The highest BCUT2D eigenvalue weighted by molar-refractivity contribution is 5.69. The van der Waals surface area contributed by atoms with Crippen LogP contribution >= 0.6 is 0 Å². The van der Waals surface area contributed by atoms with Gasteiger partial charge in [-0.3, -0.25) is 9.59 Å². The minimum atomic E-state index is -0.395. The van der Waals surface area contributed by atoms with E-state index in [2.05, 4.69) is 81.2 Å². The quantitative estimate of drug-likeness (QED) is 0.0274. The average Bonchev–Trinajstić information content (AvgIpc) is 3.33. The summed E-state index contributed by atoms with van der Waals surface area (Å²) in [6.45, 7) is 15.3. The number of hydrogen-bond acceptors (Lipinski definition) is 10. The smallest absolute Gasteiger partial charge is 0.305 e. The first-order valence-electron chi connectivity index (χ1n) is 27.7. The summed E-state index contributed by atoms with van der Waals surface area (Å²) in [7, 11) is 0. The van der Waals surface area contributed by atoms with Crippen LogP contribution in [0.5, 0.6) is 0 Å². The molecule has 0 bridgehead atoms. The Labute approximate surface area is 412 Å². The lowest BCUT2D eigenvalue weighted by Crippen LogP contribution is -2.27. The van der Waals surface area contributed by atoms with Gasteiger partial charge in [0.05, 0.1) is 52.5 Å². The third-order valence-corrected chi connectivity index (χ3v) is 11.5. The van der Waals surface area contributed by atoms with Crippen LogP contribution in [0.2, 0.25) is 0 Å². The summed E-state index contributed by atoms with van der Waals surface area (Å²) in [6, 6.07) is 0. The maximum atomic E-state index is 12.5. The fourth-order valence-corrected chi connectivity index (χ4v) is 7.28. The van der Waals surface area contributed by atoms with Crippen molar-refractivity contribution in [2.75, 3.05) is 65.9 Å². The molecule has 392 valence electrons. The fraction of sp³-hybridized carbons (Fsp3) is 0.825. The largest absolute Gasteiger partial charge is 0.466 e. The molecule has 0 unspecified atom stereocenters. The summed E-state index contributed by atoms with van der Waals surface area (Å²) >= 11 is 0. The molecule has 0 saturated carbocycles. The third kappa shape index (κ3) is 49.9. The van der Waals surface area contributed by atoms with E-state index < -0.39 is 12.6 Å². The molecule has 0 spiro atoms. The SMILES string of the molecule is CCCC/C=C\CCOC(CCC(=O)OCCCCCCCN(CCCO)CCCCCCCOC(=O)CCC(OCC/C=C\CCCC)OCC/C=C\CCCC)OCC/C=C\CCCC. The van der Waals surface area contributed by atoms with Crippen molar-refractivity contribution in [3.8, 4) is 0 Å². The number of unbranched alkanes of at least 4 members (excludes halogenated alkanes) is 16. The second-order valence-electron chi connectivity index (χ2n) is 17.9. The van der Waals surface area contributed by atoms with Gasteiger partial charge < -0.3 is 38.4 Å². The molecule has 0 heterocycles. The van der Waals surface area contributed by atoms with Gasteiger partial charge in [0.25, 0.3) is 0 Å². The summed E-state index contributed by atoms with van der Waals surface area (Å²) in [5.74, 6) is -0.362. The van der Waals surface area contributed by atoms with Gasteiger partial charge in [-0.05, 0) is 96.6 Å². The molecule has 0 radical (unpaired) electrons. The van der Waals surface area contributed by atoms with E-state index in [0.29, 0.717) is 65.3 Å². The van der Waals surface area contributed by atoms with Gasteiger partial charge in [-0.1, -0.05) is 166 Å². The Bertz CT molecular complexity index is 1030. The topological polar surface area (TPSA) is 113 Å². The van der Waals surface area contributed by atoms with Crippen molar-refractivity contribution in [2.24, 2.45) is 0 Å². The first-order chi connectivity index (χ1) is 33.0. The minimum absolute atomic E-state index is 0.181. The van der Waals surface area contributed by atoms with Crippen LogP contribution in [-0.2, 0) is 38.0 Å². The number of allylic oxidation sites excluding steroid dienone is 4. The highest BCUT2D eigenvalue weighted by Gasteiger charge is 2.15. The van der Waals surface area contributed by atoms with Crippen LogP contribution in [0, 0.1) is 0 Å². The van der Waals surface area contributed by atoms with Gasteiger partial charge in [0, 0.05) is 26.0 Å². The Morgan fingerprint density at radius 3 is 1.01 bits per heavy atom. The van der Waals surface area contributed by atoms with E-state index in [-0.39, 0.29) is 18.5 Å². The summed E-state index contributed by atoms with van der Waals surface area (Å²) in [6.07, 6.45) is 47.3. The zero-order valence-electron chi connectivity index (χ0n) is 43.9. The van der Waals surface area contributed by atoms with Crippen LogP contribution in [0.4, 0.5) is 0 Å². The highest BCUT2D eigenvalue weighted by atomic mass is 16.7. The van der Waals surface area contributed by atoms with Crippen molar-refractivity contribution in [3.05, 3.63) is 48.6 Å². The van der Waals surface area contributed by atoms with Gasteiger partial charge in [-0.2, -0.15) is 0 Å². The molecule has 0 amide bonds. The first-order valence-corrected chi connectivity index (χ1v) is 27.7. The second-order valence-corrected chi connectivity index (χ2v) is 17.9. The molecule has 1 N–H and O–H groups in total. The summed E-state index contributed by atoms with van der Waals surface area (Å²) in [4.78, 5) is 27.6. The fourth-order valence-electron chi connectivity index (χ4n) is 7.28. The Hall–Kier alpha value is -2.34. The van der Waals surface area contributed by atoms with Gasteiger partial charge >= 0.3 is 11.9 Å². The molecule has 0 aliphatic rings. The molecule has 0 fully saturated rings. The van der Waals surface area contributed by atoms with Gasteiger partial charge in [-0.25, -0.2) is 0 Å². The molecule has 0 aromatic carbocycles. The van der Waals surface area contributed by atoms with Crippen molar-refractivity contribution in [1.29, 1.82) is 0 Å². The molecule has 0 rings (SSSR count). The van der Waals surface area contributed by atoms with E-state index >= 15 is 0 Å². The molecular formula is C57H105NO9. The van der Waals surface area contributed by atoms with Gasteiger partial charge in [0.15, 0.2) is 12.6 Å². The summed E-state index contributed by atoms with van der Waals surface area (Å²) in [5.41, 5.74) is 0. The Morgan fingerprint density at radius 1 is 0.388 bits per heavy atom. The Kier molecular flexibility index (Phi) is 52.7. The Balaban J connectivity index is 4.27. The lowest BCUT2D eigenvalue weighted by molar-refractivity contribution is -0.158. The molecule has 0 aromatic rings. The zero-order valence-corrected chi connectivity index (χ0v) is 43.9. The van der Waals surface area contributed by atoms with Crippen LogP contribution in [0.3, 0.4) is 0 Å².